The average Bonchev–Trinajstić information content (AvgIpc) is 3.16. The molecule has 1 saturated heterocycles. The Kier molecular flexibility index (Phi) is 9.31. The summed E-state index contributed by atoms with van der Waals surface area (Å²) >= 11 is 7.24. The molecule has 1 amide bonds. The molecule has 0 radical (unpaired) electrons. The number of anilines is 1. The minimum absolute atomic E-state index is 0.0788. The quantitative estimate of drug-likeness (QED) is 0.214. The third-order valence-corrected chi connectivity index (χ3v) is 9.48. The minimum Gasteiger partial charge on any atom is -0.383 e. The molecule has 1 fully saturated rings. The lowest BCUT2D eigenvalue weighted by molar-refractivity contribution is -0.137. The van der Waals surface area contributed by atoms with Crippen LogP contribution in [-0.2, 0) is 22.3 Å². The SMILES string of the molecule is C=CC(=O)N1[C@H](C)CN(c2nc(=O)n3c4c(c(-c5ccc(F)c(Cl)c5)c(C(F)(F)F)cc24)SCC(NCCOC)C3)C[C@@H]1C. The molecule has 1 N–H and O–H groups in total. The van der Waals surface area contributed by atoms with Gasteiger partial charge in [0.25, 0.3) is 0 Å². The van der Waals surface area contributed by atoms with E-state index < -0.39 is 23.2 Å². The number of carbonyl (C=O) groups is 1. The highest BCUT2D eigenvalue weighted by atomic mass is 35.5. The number of hydrogen-bond acceptors (Lipinski definition) is 7. The average molecular weight is 654 g/mol. The van der Waals surface area contributed by atoms with E-state index in [4.69, 9.17) is 16.3 Å². The molecule has 1 unspecified atom stereocenters. The number of amides is 1. The molecular weight excluding hydrogens is 622 g/mol. The number of methoxy groups -OCH3 is 1. The van der Waals surface area contributed by atoms with E-state index in [0.717, 1.165) is 12.1 Å². The molecule has 3 aromatic rings. The number of halogens is 5. The molecule has 2 aliphatic heterocycles. The summed E-state index contributed by atoms with van der Waals surface area (Å²) in [5.74, 6) is -0.551. The Morgan fingerprint density at radius 1 is 1.23 bits per heavy atom. The van der Waals surface area contributed by atoms with Crippen molar-refractivity contribution in [2.45, 2.75) is 49.6 Å². The lowest BCUT2D eigenvalue weighted by Crippen LogP contribution is -2.58. The predicted octanol–water partition coefficient (Wildman–Crippen LogP) is 5.20. The van der Waals surface area contributed by atoms with Crippen molar-refractivity contribution in [2.75, 3.05) is 44.0 Å². The first-order valence-corrected chi connectivity index (χ1v) is 15.4. The Bertz CT molecular complexity index is 1650. The van der Waals surface area contributed by atoms with Crippen molar-refractivity contribution < 1.29 is 27.1 Å². The molecule has 0 bridgehead atoms. The maximum Gasteiger partial charge on any atom is 0.417 e. The highest BCUT2D eigenvalue weighted by Gasteiger charge is 2.40. The second kappa shape index (κ2) is 12.7. The zero-order chi connectivity index (χ0) is 31.9. The molecule has 8 nitrogen and oxygen atoms in total. The fourth-order valence-electron chi connectivity index (χ4n) is 6.09. The van der Waals surface area contributed by atoms with Gasteiger partial charge in [-0.25, -0.2) is 9.18 Å². The minimum atomic E-state index is -4.81. The maximum absolute atomic E-state index is 14.9. The van der Waals surface area contributed by atoms with Crippen LogP contribution in [0.2, 0.25) is 5.02 Å². The summed E-state index contributed by atoms with van der Waals surface area (Å²) in [6, 6.07) is 3.55. The fourth-order valence-corrected chi connectivity index (χ4v) is 7.59. The Morgan fingerprint density at radius 3 is 2.55 bits per heavy atom. The molecule has 0 spiro atoms. The van der Waals surface area contributed by atoms with Gasteiger partial charge in [0.2, 0.25) is 5.91 Å². The molecule has 2 aliphatic rings. The van der Waals surface area contributed by atoms with Crippen molar-refractivity contribution >= 4 is 46.0 Å². The third-order valence-electron chi connectivity index (χ3n) is 7.93. The van der Waals surface area contributed by atoms with E-state index in [-0.39, 0.29) is 75.9 Å². The van der Waals surface area contributed by atoms with Crippen LogP contribution in [0.1, 0.15) is 19.4 Å². The van der Waals surface area contributed by atoms with E-state index in [9.17, 15) is 27.2 Å². The standard InChI is InChI=1S/C30H32ClF4N5O3S/c1-5-24(41)40-16(2)12-38(13-17(40)3)28-20-11-21(30(33,34)35)25(18-6-7-23(32)22(31)10-18)27-26(20)39(29(42)37-28)14-19(15-44-27)36-8-9-43-4/h5-7,10-11,16-17,19,36H,1,8-9,12-15H2,2-4H3/t16-,17+,19?. The van der Waals surface area contributed by atoms with E-state index in [1.165, 1.54) is 34.5 Å². The first-order valence-electron chi connectivity index (χ1n) is 14.0. The lowest BCUT2D eigenvalue weighted by Gasteiger charge is -2.44. The van der Waals surface area contributed by atoms with E-state index in [0.29, 0.717) is 24.4 Å². The number of ether oxygens (including phenoxy) is 1. The zero-order valence-electron chi connectivity index (χ0n) is 24.4. The van der Waals surface area contributed by atoms with Gasteiger partial charge in [0, 0.05) is 73.0 Å². The van der Waals surface area contributed by atoms with E-state index in [1.807, 2.05) is 13.8 Å². The van der Waals surface area contributed by atoms with Crippen molar-refractivity contribution in [3.63, 3.8) is 0 Å². The molecule has 3 heterocycles. The summed E-state index contributed by atoms with van der Waals surface area (Å²) in [5, 5.41) is 3.16. The summed E-state index contributed by atoms with van der Waals surface area (Å²) in [6.07, 6.45) is -3.58. The fraction of sp³-hybridized carbons (Fsp3) is 0.433. The number of thioether (sulfide) groups is 1. The van der Waals surface area contributed by atoms with Gasteiger partial charge in [0.05, 0.1) is 22.7 Å². The zero-order valence-corrected chi connectivity index (χ0v) is 26.0. The van der Waals surface area contributed by atoms with Crippen molar-refractivity contribution in [3.8, 4) is 11.1 Å². The van der Waals surface area contributed by atoms with Crippen LogP contribution in [0.25, 0.3) is 22.0 Å². The first kappa shape index (κ1) is 32.3. The van der Waals surface area contributed by atoms with Crippen LogP contribution in [0, 0.1) is 5.82 Å². The molecule has 2 aromatic carbocycles. The van der Waals surface area contributed by atoms with Crippen LogP contribution < -0.4 is 15.9 Å². The van der Waals surface area contributed by atoms with Crippen molar-refractivity contribution in [1.82, 2.24) is 19.8 Å². The van der Waals surface area contributed by atoms with Gasteiger partial charge in [-0.3, -0.25) is 9.36 Å². The smallest absolute Gasteiger partial charge is 0.383 e. The molecule has 5 rings (SSSR count). The largest absolute Gasteiger partial charge is 0.417 e. The number of carbonyl (C=O) groups excluding carboxylic acids is 1. The highest BCUT2D eigenvalue weighted by Crippen LogP contribution is 2.48. The molecule has 44 heavy (non-hydrogen) atoms. The number of nitrogens with zero attached hydrogens (tertiary/aromatic N) is 4. The number of alkyl halides is 3. The molecule has 0 aliphatic carbocycles. The number of nitrogens with one attached hydrogen (secondary N) is 1. The van der Waals surface area contributed by atoms with Crippen molar-refractivity contribution in [2.24, 2.45) is 0 Å². The van der Waals surface area contributed by atoms with E-state index in [1.54, 1.807) is 16.9 Å². The van der Waals surface area contributed by atoms with Gasteiger partial charge < -0.3 is 19.9 Å². The summed E-state index contributed by atoms with van der Waals surface area (Å²) in [4.78, 5) is 34.3. The predicted molar refractivity (Wildman–Crippen MR) is 164 cm³/mol. The van der Waals surface area contributed by atoms with Gasteiger partial charge in [-0.15, -0.1) is 11.8 Å². The number of piperazine rings is 1. The lowest BCUT2D eigenvalue weighted by atomic mass is 9.96. The molecule has 14 heteroatoms. The topological polar surface area (TPSA) is 79.7 Å². The van der Waals surface area contributed by atoms with Gasteiger partial charge in [-0.2, -0.15) is 18.2 Å². The van der Waals surface area contributed by atoms with Gasteiger partial charge in [0.1, 0.15) is 11.6 Å². The number of benzene rings is 2. The molecule has 3 atom stereocenters. The van der Waals surface area contributed by atoms with E-state index >= 15 is 0 Å². The van der Waals surface area contributed by atoms with E-state index in [2.05, 4.69) is 16.9 Å². The van der Waals surface area contributed by atoms with Gasteiger partial charge >= 0.3 is 11.9 Å². The third kappa shape index (κ3) is 6.07. The van der Waals surface area contributed by atoms with Gasteiger partial charge in [-0.05, 0) is 43.7 Å². The second-order valence-electron chi connectivity index (χ2n) is 11.0. The molecule has 236 valence electrons. The van der Waals surface area contributed by atoms with Crippen LogP contribution in [0.4, 0.5) is 23.4 Å². The second-order valence-corrected chi connectivity index (χ2v) is 12.4. The van der Waals surface area contributed by atoms with Gasteiger partial charge in [-0.1, -0.05) is 24.2 Å². The normalized spacial score (nSPS) is 20.6. The number of hydrogen-bond donors (Lipinski definition) is 1. The van der Waals surface area contributed by atoms with Gasteiger partial charge in [0.15, 0.2) is 0 Å². The monoisotopic (exact) mass is 653 g/mol. The van der Waals surface area contributed by atoms with Crippen LogP contribution >= 0.6 is 23.4 Å². The van der Waals surface area contributed by atoms with Crippen molar-refractivity contribution in [1.29, 1.82) is 0 Å². The maximum atomic E-state index is 14.9. The Balaban J connectivity index is 1.78. The molecule has 0 saturated carbocycles. The summed E-state index contributed by atoms with van der Waals surface area (Å²) in [7, 11) is 1.56. The Morgan fingerprint density at radius 2 is 1.93 bits per heavy atom. The summed E-state index contributed by atoms with van der Waals surface area (Å²) in [6.45, 7) is 8.77. The Hall–Kier alpha value is -3.13. The van der Waals surface area contributed by atoms with Crippen LogP contribution in [0.15, 0.2) is 46.6 Å². The summed E-state index contributed by atoms with van der Waals surface area (Å²) < 4.78 is 65.4. The molecular formula is C30H32ClF4N5O3S. The summed E-state index contributed by atoms with van der Waals surface area (Å²) in [5.41, 5.74) is -1.34. The van der Waals surface area contributed by atoms with Crippen LogP contribution in [0.3, 0.4) is 0 Å². The first-order chi connectivity index (χ1) is 20.8. The molecule has 1 aromatic heterocycles. The number of rotatable bonds is 7. The Labute approximate surface area is 261 Å². The highest BCUT2D eigenvalue weighted by molar-refractivity contribution is 7.99. The number of aromatic nitrogens is 2. The van der Waals surface area contributed by atoms with Crippen LogP contribution in [-0.4, -0.2) is 77.6 Å². The van der Waals surface area contributed by atoms with Crippen LogP contribution in [0.5, 0.6) is 0 Å². The van der Waals surface area contributed by atoms with Crippen molar-refractivity contribution in [3.05, 3.63) is 63.8 Å².